The summed E-state index contributed by atoms with van der Waals surface area (Å²) < 4.78 is 5.89. The first kappa shape index (κ1) is 28.1. The van der Waals surface area contributed by atoms with Crippen molar-refractivity contribution in [1.29, 1.82) is 0 Å². The molecular weight excluding hydrogens is 492 g/mol. The van der Waals surface area contributed by atoms with Crippen LogP contribution in [-0.4, -0.2) is 58.1 Å². The van der Waals surface area contributed by atoms with Crippen molar-refractivity contribution in [3.63, 3.8) is 0 Å². The molecule has 0 unspecified atom stereocenters. The smallest absolute Gasteiger partial charge is 0.410 e. The van der Waals surface area contributed by atoms with Crippen molar-refractivity contribution in [2.75, 3.05) is 19.6 Å². The molecule has 39 heavy (non-hydrogen) atoms. The molecule has 4 rings (SSSR count). The fourth-order valence-corrected chi connectivity index (χ4v) is 5.46. The maximum absolute atomic E-state index is 13.7. The van der Waals surface area contributed by atoms with Crippen LogP contribution in [-0.2, 0) is 14.3 Å². The van der Waals surface area contributed by atoms with Gasteiger partial charge in [-0.2, -0.15) is 0 Å². The van der Waals surface area contributed by atoms with E-state index in [9.17, 15) is 14.4 Å². The Kier molecular flexibility index (Phi) is 8.58. The molecule has 1 aliphatic heterocycles. The lowest BCUT2D eigenvalue weighted by molar-refractivity contribution is -0.140. The number of ether oxygens (including phenoxy) is 1. The molecule has 3 aromatic carbocycles. The molecule has 0 aliphatic carbocycles. The van der Waals surface area contributed by atoms with E-state index in [1.54, 1.807) is 9.80 Å². The van der Waals surface area contributed by atoms with Gasteiger partial charge in [0.25, 0.3) is 0 Å². The number of amides is 2. The summed E-state index contributed by atoms with van der Waals surface area (Å²) in [6, 6.07) is 24.0. The van der Waals surface area contributed by atoms with Gasteiger partial charge in [-0.1, -0.05) is 72.8 Å². The van der Waals surface area contributed by atoms with E-state index >= 15 is 0 Å². The van der Waals surface area contributed by atoms with Crippen LogP contribution in [0.5, 0.6) is 0 Å². The van der Waals surface area contributed by atoms with Crippen LogP contribution in [0.2, 0.25) is 0 Å². The number of carbonyl (C=O) groups excluding carboxylic acids is 2. The van der Waals surface area contributed by atoms with E-state index in [0.717, 1.165) is 21.9 Å². The summed E-state index contributed by atoms with van der Waals surface area (Å²) in [6.07, 6.45) is -0.630. The van der Waals surface area contributed by atoms with Gasteiger partial charge in [-0.15, -0.1) is 0 Å². The van der Waals surface area contributed by atoms with Crippen LogP contribution in [0, 0.1) is 5.92 Å². The second kappa shape index (κ2) is 11.9. The van der Waals surface area contributed by atoms with Gasteiger partial charge < -0.3 is 19.6 Å². The van der Waals surface area contributed by atoms with Crippen molar-refractivity contribution in [2.24, 2.45) is 5.92 Å². The maximum Gasteiger partial charge on any atom is 0.410 e. The van der Waals surface area contributed by atoms with E-state index in [4.69, 9.17) is 9.84 Å². The summed E-state index contributed by atoms with van der Waals surface area (Å²) in [4.78, 5) is 41.2. The van der Waals surface area contributed by atoms with Crippen LogP contribution in [0.15, 0.2) is 72.8 Å². The lowest BCUT2D eigenvalue weighted by atomic mass is 9.88. The Morgan fingerprint density at radius 3 is 2.31 bits per heavy atom. The van der Waals surface area contributed by atoms with E-state index in [1.807, 2.05) is 64.1 Å². The molecule has 1 N–H and O–H groups in total. The molecule has 3 aromatic rings. The monoisotopic (exact) mass is 530 g/mol. The molecule has 0 spiro atoms. The zero-order valence-electron chi connectivity index (χ0n) is 23.2. The minimum atomic E-state index is -0.987. The molecule has 2 amide bonds. The van der Waals surface area contributed by atoms with Crippen molar-refractivity contribution in [3.05, 3.63) is 83.9 Å². The third-order valence-corrected chi connectivity index (χ3v) is 7.37. The predicted octanol–water partition coefficient (Wildman–Crippen LogP) is 6.24. The zero-order valence-corrected chi connectivity index (χ0v) is 23.2. The number of rotatable bonds is 8. The summed E-state index contributed by atoms with van der Waals surface area (Å²) in [6.45, 7) is 8.91. The normalized spacial score (nSPS) is 18.1. The minimum absolute atomic E-state index is 0.00429. The molecule has 1 heterocycles. The van der Waals surface area contributed by atoms with Crippen LogP contribution in [0.3, 0.4) is 0 Å². The third-order valence-electron chi connectivity index (χ3n) is 7.37. The predicted molar refractivity (Wildman–Crippen MR) is 151 cm³/mol. The summed E-state index contributed by atoms with van der Waals surface area (Å²) in [5.41, 5.74) is 1.46. The van der Waals surface area contributed by atoms with Crippen molar-refractivity contribution in [1.82, 2.24) is 9.80 Å². The second-order valence-electron chi connectivity index (χ2n) is 11.3. The largest absolute Gasteiger partial charge is 0.481 e. The number of fused-ring (bicyclic) bond motifs is 1. The molecule has 1 saturated heterocycles. The first-order chi connectivity index (χ1) is 18.5. The quantitative estimate of drug-likeness (QED) is 0.372. The molecule has 206 valence electrons. The van der Waals surface area contributed by atoms with Gasteiger partial charge in [-0.05, 0) is 49.6 Å². The van der Waals surface area contributed by atoms with Gasteiger partial charge in [0.05, 0.1) is 12.5 Å². The molecule has 0 radical (unpaired) electrons. The average Bonchev–Trinajstić information content (AvgIpc) is 3.33. The summed E-state index contributed by atoms with van der Waals surface area (Å²) >= 11 is 0. The van der Waals surface area contributed by atoms with Crippen LogP contribution < -0.4 is 0 Å². The van der Waals surface area contributed by atoms with Crippen molar-refractivity contribution in [3.8, 4) is 0 Å². The molecule has 0 saturated carbocycles. The van der Waals surface area contributed by atoms with Crippen molar-refractivity contribution in [2.45, 2.75) is 58.1 Å². The Bertz CT molecular complexity index is 1310. The van der Waals surface area contributed by atoms with Gasteiger partial charge in [-0.25, -0.2) is 4.79 Å². The van der Waals surface area contributed by atoms with Crippen LogP contribution >= 0.6 is 0 Å². The number of hydrogen-bond donors (Lipinski definition) is 1. The van der Waals surface area contributed by atoms with E-state index in [0.29, 0.717) is 19.6 Å². The summed E-state index contributed by atoms with van der Waals surface area (Å²) in [5.74, 6) is -1.21. The standard InChI is InChI=1S/C32H38N2O5/c1-22(26-16-10-14-23-13-8-9-15-27(23)26)34(31(38)39-32(2,3)4)20-25-19-33(29(35)17-18-30(36)37)21-28(25)24-11-6-5-7-12-24/h5-16,22,25,28H,17-21H2,1-4H3,(H,36,37)/t22-,25-,28-/m1/s1. The minimum Gasteiger partial charge on any atom is -0.481 e. The number of likely N-dealkylation sites (tertiary alicyclic amines) is 1. The van der Waals surface area contributed by atoms with Gasteiger partial charge in [0, 0.05) is 37.9 Å². The highest BCUT2D eigenvalue weighted by Gasteiger charge is 2.39. The van der Waals surface area contributed by atoms with Gasteiger partial charge in [0.15, 0.2) is 0 Å². The highest BCUT2D eigenvalue weighted by atomic mass is 16.6. The molecule has 3 atom stereocenters. The molecule has 7 nitrogen and oxygen atoms in total. The van der Waals surface area contributed by atoms with Crippen LogP contribution in [0.1, 0.15) is 63.6 Å². The number of aliphatic carboxylic acids is 1. The number of hydrogen-bond acceptors (Lipinski definition) is 4. The number of carbonyl (C=O) groups is 3. The summed E-state index contributed by atoms with van der Waals surface area (Å²) in [7, 11) is 0. The van der Waals surface area contributed by atoms with E-state index < -0.39 is 17.7 Å². The first-order valence-electron chi connectivity index (χ1n) is 13.6. The van der Waals surface area contributed by atoms with Gasteiger partial charge in [0.1, 0.15) is 5.60 Å². The van der Waals surface area contributed by atoms with E-state index in [1.165, 1.54) is 0 Å². The Balaban J connectivity index is 1.67. The topological polar surface area (TPSA) is 87.2 Å². The molecule has 1 aliphatic rings. The fourth-order valence-electron chi connectivity index (χ4n) is 5.46. The second-order valence-corrected chi connectivity index (χ2v) is 11.3. The average molecular weight is 531 g/mol. The highest BCUT2D eigenvalue weighted by molar-refractivity contribution is 5.86. The molecule has 0 bridgehead atoms. The number of benzene rings is 3. The van der Waals surface area contributed by atoms with Gasteiger partial charge >= 0.3 is 12.1 Å². The Morgan fingerprint density at radius 2 is 1.62 bits per heavy atom. The Labute approximate surface area is 230 Å². The molecule has 1 fully saturated rings. The SMILES string of the molecule is C[C@H](c1cccc2ccccc12)N(C[C@H]1CN(C(=O)CCC(=O)O)C[C@@H]1c1ccccc1)C(=O)OC(C)(C)C. The Morgan fingerprint density at radius 1 is 0.949 bits per heavy atom. The van der Waals surface area contributed by atoms with Crippen LogP contribution in [0.25, 0.3) is 10.8 Å². The van der Waals surface area contributed by atoms with Gasteiger partial charge in [-0.3, -0.25) is 9.59 Å². The maximum atomic E-state index is 13.7. The number of nitrogens with zero attached hydrogens (tertiary/aromatic N) is 2. The zero-order chi connectivity index (χ0) is 28.2. The number of carboxylic acids is 1. The van der Waals surface area contributed by atoms with Crippen molar-refractivity contribution < 1.29 is 24.2 Å². The summed E-state index contributed by atoms with van der Waals surface area (Å²) in [5, 5.41) is 11.3. The van der Waals surface area contributed by atoms with Gasteiger partial charge in [0.2, 0.25) is 5.91 Å². The molecule has 0 aromatic heterocycles. The lowest BCUT2D eigenvalue weighted by Crippen LogP contribution is -2.42. The third kappa shape index (κ3) is 6.96. The van der Waals surface area contributed by atoms with Crippen LogP contribution in [0.4, 0.5) is 4.79 Å². The van der Waals surface area contributed by atoms with E-state index in [2.05, 4.69) is 36.4 Å². The highest BCUT2D eigenvalue weighted by Crippen LogP contribution is 2.37. The molecular formula is C32H38N2O5. The number of carboxylic acid groups (broad SMARTS) is 1. The molecule has 7 heteroatoms. The first-order valence-corrected chi connectivity index (χ1v) is 13.6. The fraction of sp³-hybridized carbons (Fsp3) is 0.406. The Hall–Kier alpha value is -3.87. The van der Waals surface area contributed by atoms with E-state index in [-0.39, 0.29) is 36.6 Å². The lowest BCUT2D eigenvalue weighted by Gasteiger charge is -2.35. The van der Waals surface area contributed by atoms with Crippen molar-refractivity contribution >= 4 is 28.7 Å².